The van der Waals surface area contributed by atoms with Crippen LogP contribution in [0.3, 0.4) is 0 Å². The molecule has 3 N–H and O–H groups in total. The van der Waals surface area contributed by atoms with Gasteiger partial charge in [0.25, 0.3) is 0 Å². The average Bonchev–Trinajstić information content (AvgIpc) is 3.26. The summed E-state index contributed by atoms with van der Waals surface area (Å²) in [6, 6.07) is 11.4. The van der Waals surface area contributed by atoms with E-state index >= 15 is 0 Å². The Morgan fingerprint density at radius 2 is 1.93 bits per heavy atom. The smallest absolute Gasteiger partial charge is 0.321 e. The number of halogens is 2. The first-order valence-corrected chi connectivity index (χ1v) is 10.2. The van der Waals surface area contributed by atoms with E-state index in [4.69, 9.17) is 4.74 Å². The molecule has 0 saturated carbocycles. The van der Waals surface area contributed by atoms with Crippen molar-refractivity contribution in [3.8, 4) is 5.75 Å². The number of hydrazine groups is 1. The highest BCUT2D eigenvalue weighted by atomic mass is 19.1. The van der Waals surface area contributed by atoms with E-state index in [1.807, 2.05) is 18.2 Å². The number of carbonyl (C=O) groups excluding carboxylic acids is 1. The van der Waals surface area contributed by atoms with Crippen LogP contribution in [0.15, 0.2) is 42.5 Å². The first-order valence-electron chi connectivity index (χ1n) is 10.2. The zero-order valence-electron chi connectivity index (χ0n) is 16.8. The Kier molecular flexibility index (Phi) is 6.15. The van der Waals surface area contributed by atoms with E-state index in [-0.39, 0.29) is 17.8 Å². The minimum absolute atomic E-state index is 0.00804. The van der Waals surface area contributed by atoms with Gasteiger partial charge < -0.3 is 15.0 Å². The lowest BCUT2D eigenvalue weighted by Crippen LogP contribution is -2.45. The van der Waals surface area contributed by atoms with Gasteiger partial charge in [0.05, 0.1) is 12.8 Å². The van der Waals surface area contributed by atoms with E-state index in [1.54, 1.807) is 12.0 Å². The van der Waals surface area contributed by atoms with Crippen molar-refractivity contribution in [1.82, 2.24) is 15.8 Å². The van der Waals surface area contributed by atoms with Crippen molar-refractivity contribution in [3.63, 3.8) is 0 Å². The molecule has 2 fully saturated rings. The molecule has 0 radical (unpaired) electrons. The fraction of sp³-hybridized carbons (Fsp3) is 0.409. The SMILES string of the molecule is COc1cccc(C2CC(C3CCN(C(=O)Nc4ccc(F)cc4F)CC3)NN2)c1. The molecule has 0 bridgehead atoms. The van der Waals surface area contributed by atoms with Gasteiger partial charge in [0.1, 0.15) is 17.4 Å². The molecule has 2 aliphatic heterocycles. The molecule has 0 aliphatic carbocycles. The van der Waals surface area contributed by atoms with E-state index < -0.39 is 11.6 Å². The number of urea groups is 1. The molecule has 2 aromatic carbocycles. The maximum Gasteiger partial charge on any atom is 0.321 e. The molecule has 160 valence electrons. The molecule has 30 heavy (non-hydrogen) atoms. The molecule has 2 saturated heterocycles. The average molecular weight is 416 g/mol. The number of anilines is 1. The summed E-state index contributed by atoms with van der Waals surface area (Å²) in [7, 11) is 1.66. The third kappa shape index (κ3) is 4.55. The largest absolute Gasteiger partial charge is 0.497 e. The quantitative estimate of drug-likeness (QED) is 0.709. The lowest BCUT2D eigenvalue weighted by Gasteiger charge is -2.34. The Bertz CT molecular complexity index is 902. The Morgan fingerprint density at radius 1 is 1.13 bits per heavy atom. The molecule has 2 amide bonds. The zero-order valence-corrected chi connectivity index (χ0v) is 16.8. The van der Waals surface area contributed by atoms with Crippen molar-refractivity contribution in [3.05, 3.63) is 59.7 Å². The number of nitrogens with one attached hydrogen (secondary N) is 3. The molecule has 2 heterocycles. The molecule has 0 spiro atoms. The van der Waals surface area contributed by atoms with Gasteiger partial charge >= 0.3 is 6.03 Å². The van der Waals surface area contributed by atoms with Crippen LogP contribution in [0.1, 0.15) is 30.9 Å². The highest BCUT2D eigenvalue weighted by Gasteiger charge is 2.34. The third-order valence-electron chi connectivity index (χ3n) is 6.00. The number of rotatable bonds is 4. The number of nitrogens with zero attached hydrogens (tertiary/aromatic N) is 1. The fourth-order valence-electron chi connectivity index (χ4n) is 4.26. The van der Waals surface area contributed by atoms with E-state index in [0.29, 0.717) is 25.0 Å². The Hall–Kier alpha value is -2.71. The first-order chi connectivity index (χ1) is 14.5. The van der Waals surface area contributed by atoms with Gasteiger partial charge in [-0.3, -0.25) is 10.9 Å². The lowest BCUT2D eigenvalue weighted by atomic mass is 9.86. The molecular weight excluding hydrogens is 390 g/mol. The van der Waals surface area contributed by atoms with Gasteiger partial charge in [0.15, 0.2) is 0 Å². The predicted molar refractivity (Wildman–Crippen MR) is 110 cm³/mol. The summed E-state index contributed by atoms with van der Waals surface area (Å²) in [5.74, 6) is -0.159. The van der Waals surface area contributed by atoms with E-state index in [9.17, 15) is 13.6 Å². The number of hydrogen-bond acceptors (Lipinski definition) is 4. The standard InChI is InChI=1S/C22H26F2N4O2/c1-30-17-4-2-3-15(11-17)21-13-20(26-27-21)14-7-9-28(10-8-14)22(29)25-19-6-5-16(23)12-18(19)24/h2-6,11-12,14,20-21,26-27H,7-10,13H2,1H3,(H,25,29). The summed E-state index contributed by atoms with van der Waals surface area (Å²) < 4.78 is 32.1. The second-order valence-corrected chi connectivity index (χ2v) is 7.84. The minimum atomic E-state index is -0.775. The number of amides is 2. The Labute approximate surface area is 174 Å². The molecule has 0 aromatic heterocycles. The normalized spacial score (nSPS) is 22.2. The summed E-state index contributed by atoms with van der Waals surface area (Å²) in [6.07, 6.45) is 2.69. The zero-order chi connectivity index (χ0) is 21.1. The molecule has 2 unspecified atom stereocenters. The fourth-order valence-corrected chi connectivity index (χ4v) is 4.26. The van der Waals surface area contributed by atoms with Crippen LogP contribution in [0.25, 0.3) is 0 Å². The Balaban J connectivity index is 1.28. The molecule has 2 atom stereocenters. The minimum Gasteiger partial charge on any atom is -0.497 e. The summed E-state index contributed by atoms with van der Waals surface area (Å²) in [5, 5.41) is 2.54. The number of carbonyl (C=O) groups is 1. The molecule has 8 heteroatoms. The van der Waals surface area contributed by atoms with Crippen molar-refractivity contribution >= 4 is 11.7 Å². The highest BCUT2D eigenvalue weighted by molar-refractivity contribution is 5.89. The van der Waals surface area contributed by atoms with Crippen molar-refractivity contribution in [2.24, 2.45) is 5.92 Å². The summed E-state index contributed by atoms with van der Waals surface area (Å²) in [5.41, 5.74) is 7.97. The van der Waals surface area contributed by atoms with Crippen molar-refractivity contribution < 1.29 is 18.3 Å². The number of hydrogen-bond donors (Lipinski definition) is 3. The van der Waals surface area contributed by atoms with E-state index in [2.05, 4.69) is 22.2 Å². The van der Waals surface area contributed by atoms with Crippen LogP contribution in [0.4, 0.5) is 19.3 Å². The van der Waals surface area contributed by atoms with Gasteiger partial charge in [-0.25, -0.2) is 13.6 Å². The van der Waals surface area contributed by atoms with Crippen LogP contribution >= 0.6 is 0 Å². The van der Waals surface area contributed by atoms with Crippen LogP contribution in [0.2, 0.25) is 0 Å². The number of likely N-dealkylation sites (tertiary alicyclic amines) is 1. The van der Waals surface area contributed by atoms with Crippen LogP contribution in [0.5, 0.6) is 5.75 Å². The number of benzene rings is 2. The van der Waals surface area contributed by atoms with Gasteiger partial charge in [-0.05, 0) is 55.0 Å². The second kappa shape index (κ2) is 8.97. The lowest BCUT2D eigenvalue weighted by molar-refractivity contribution is 0.169. The maximum absolute atomic E-state index is 13.8. The summed E-state index contributed by atoms with van der Waals surface area (Å²) >= 11 is 0. The number of ether oxygens (including phenoxy) is 1. The molecule has 2 aliphatic rings. The van der Waals surface area contributed by atoms with E-state index in [0.717, 1.165) is 37.1 Å². The number of piperidine rings is 1. The van der Waals surface area contributed by atoms with Gasteiger partial charge in [-0.15, -0.1) is 0 Å². The van der Waals surface area contributed by atoms with Crippen molar-refractivity contribution in [1.29, 1.82) is 0 Å². The van der Waals surface area contributed by atoms with Crippen LogP contribution in [-0.4, -0.2) is 37.2 Å². The topological polar surface area (TPSA) is 65.6 Å². The summed E-state index contributed by atoms with van der Waals surface area (Å²) in [6.45, 7) is 1.20. The summed E-state index contributed by atoms with van der Waals surface area (Å²) in [4.78, 5) is 14.1. The van der Waals surface area contributed by atoms with Gasteiger partial charge in [-0.2, -0.15) is 0 Å². The first kappa shape index (κ1) is 20.6. The predicted octanol–water partition coefficient (Wildman–Crippen LogP) is 3.83. The van der Waals surface area contributed by atoms with Gasteiger partial charge in [0, 0.05) is 31.2 Å². The van der Waals surface area contributed by atoms with Crippen LogP contribution in [0, 0.1) is 17.6 Å². The van der Waals surface area contributed by atoms with Crippen molar-refractivity contribution in [2.45, 2.75) is 31.3 Å². The monoisotopic (exact) mass is 416 g/mol. The van der Waals surface area contributed by atoms with E-state index in [1.165, 1.54) is 11.6 Å². The highest BCUT2D eigenvalue weighted by Crippen LogP contribution is 2.32. The number of methoxy groups -OCH3 is 1. The van der Waals surface area contributed by atoms with Gasteiger partial charge in [0.2, 0.25) is 0 Å². The van der Waals surface area contributed by atoms with Crippen LogP contribution in [-0.2, 0) is 0 Å². The Morgan fingerprint density at radius 3 is 2.67 bits per heavy atom. The second-order valence-electron chi connectivity index (χ2n) is 7.84. The molecule has 4 rings (SSSR count). The van der Waals surface area contributed by atoms with Gasteiger partial charge in [-0.1, -0.05) is 12.1 Å². The maximum atomic E-state index is 13.8. The molecular formula is C22H26F2N4O2. The molecule has 2 aromatic rings. The molecule has 6 nitrogen and oxygen atoms in total. The third-order valence-corrected chi connectivity index (χ3v) is 6.00. The van der Waals surface area contributed by atoms with Crippen LogP contribution < -0.4 is 20.9 Å². The van der Waals surface area contributed by atoms with Crippen molar-refractivity contribution in [2.75, 3.05) is 25.5 Å².